The van der Waals surface area contributed by atoms with Crippen molar-refractivity contribution in [2.75, 3.05) is 12.5 Å². The van der Waals surface area contributed by atoms with Crippen LogP contribution in [0.1, 0.15) is 0 Å². The van der Waals surface area contributed by atoms with Gasteiger partial charge in [0.05, 0.1) is 0 Å². The van der Waals surface area contributed by atoms with Gasteiger partial charge in [-0.2, -0.15) is 0 Å². The molecule has 0 aliphatic rings. The van der Waals surface area contributed by atoms with E-state index in [0.717, 1.165) is 21.3 Å². The summed E-state index contributed by atoms with van der Waals surface area (Å²) in [6.45, 7) is 0. The molecule has 0 fully saturated rings. The Hall–Kier alpha value is 0.203. The summed E-state index contributed by atoms with van der Waals surface area (Å²) in [4.78, 5) is 2.32. The van der Waals surface area contributed by atoms with Crippen LogP contribution in [0.2, 0.25) is 0 Å². The molecule has 2 aromatic rings. The third-order valence-corrected chi connectivity index (χ3v) is 5.49. The summed E-state index contributed by atoms with van der Waals surface area (Å²) in [5, 5.41) is 0. The van der Waals surface area contributed by atoms with E-state index in [9.17, 15) is 0 Å². The van der Waals surface area contributed by atoms with Crippen molar-refractivity contribution in [3.8, 4) is 11.5 Å². The summed E-state index contributed by atoms with van der Waals surface area (Å²) < 4.78 is 11.7. The second-order valence-corrected chi connectivity index (χ2v) is 6.70. The molecule has 0 amide bonds. The van der Waals surface area contributed by atoms with Gasteiger partial charge in [0.25, 0.3) is 0 Å². The molecule has 112 valence electrons. The molecule has 2 nitrogen and oxygen atoms in total. The molecule has 0 saturated heterocycles. The molecule has 2 aromatic carbocycles. The number of thioether (sulfide) groups is 2. The first-order chi connectivity index (χ1) is 9.35. The quantitative estimate of drug-likeness (QED) is 0.510. The van der Waals surface area contributed by atoms with E-state index in [2.05, 4.69) is 24.6 Å². The van der Waals surface area contributed by atoms with E-state index in [1.807, 2.05) is 36.4 Å². The molecule has 21 heavy (non-hydrogen) atoms. The molecule has 0 bridgehead atoms. The Morgan fingerprint density at radius 1 is 0.714 bits per heavy atom. The van der Waals surface area contributed by atoms with Crippen LogP contribution in [0, 0.1) is 0 Å². The van der Waals surface area contributed by atoms with Crippen LogP contribution in [0.4, 0.5) is 0 Å². The number of rotatable bonds is 6. The molecule has 0 aliphatic carbocycles. The van der Waals surface area contributed by atoms with E-state index in [4.69, 9.17) is 5.63 Å². The fourth-order valence-corrected chi connectivity index (χ4v) is 4.35. The van der Waals surface area contributed by atoms with Gasteiger partial charge in [-0.15, -0.1) is 0 Å². The van der Waals surface area contributed by atoms with Crippen LogP contribution in [0.15, 0.2) is 58.3 Å². The maximum absolute atomic E-state index is 5.85. The van der Waals surface area contributed by atoms with Crippen LogP contribution in [-0.4, -0.2) is 12.5 Å². The van der Waals surface area contributed by atoms with E-state index < -0.39 is 24.1 Å². The van der Waals surface area contributed by atoms with Gasteiger partial charge < -0.3 is 24.8 Å². The van der Waals surface area contributed by atoms with E-state index >= 15 is 0 Å². The van der Waals surface area contributed by atoms with E-state index in [-0.39, 0.29) is 24.8 Å². The minimum Gasteiger partial charge on any atom is -1.00 e. The van der Waals surface area contributed by atoms with Gasteiger partial charge >= 0.3 is 136 Å². The Morgan fingerprint density at radius 3 is 1.48 bits per heavy atom. The first kappa shape index (κ1) is 21.2. The average molecular weight is 441 g/mol. The fourth-order valence-electron chi connectivity index (χ4n) is 1.52. The van der Waals surface area contributed by atoms with E-state index in [0.29, 0.717) is 0 Å². The fraction of sp³-hybridized carbons (Fsp3) is 0.143. The van der Waals surface area contributed by atoms with Crippen LogP contribution in [0.3, 0.4) is 0 Å². The van der Waals surface area contributed by atoms with Gasteiger partial charge in [-0.1, -0.05) is 0 Å². The van der Waals surface area contributed by atoms with E-state index in [1.165, 1.54) is 0 Å². The Balaban J connectivity index is 0.00000200. The van der Waals surface area contributed by atoms with Crippen LogP contribution in [-0.2, 0) is 24.1 Å². The second-order valence-electron chi connectivity index (χ2n) is 3.59. The third kappa shape index (κ3) is 6.46. The number of hydrogen-bond donors (Lipinski definition) is 0. The molecule has 0 heterocycles. The molecule has 0 atom stereocenters. The summed E-state index contributed by atoms with van der Waals surface area (Å²) in [7, 11) is 0. The van der Waals surface area contributed by atoms with Gasteiger partial charge in [0.15, 0.2) is 0 Å². The van der Waals surface area contributed by atoms with Crippen molar-refractivity contribution in [3.63, 3.8) is 0 Å². The van der Waals surface area contributed by atoms with Crippen molar-refractivity contribution >= 4 is 23.5 Å². The zero-order valence-electron chi connectivity index (χ0n) is 11.5. The van der Waals surface area contributed by atoms with Crippen LogP contribution in [0.25, 0.3) is 0 Å². The molecule has 2 rings (SSSR count). The Morgan fingerprint density at radius 2 is 1.10 bits per heavy atom. The minimum absolute atomic E-state index is 0. The van der Waals surface area contributed by atoms with Crippen LogP contribution in [0.5, 0.6) is 11.5 Å². The SMILES string of the molecule is CSc1ccccc1[O][Zr+2][O]c1ccccc1SC.[Cl-].[Cl-]. The molecular formula is C14H14Cl2O2S2Zr. The maximum atomic E-state index is 5.85. The zero-order chi connectivity index (χ0) is 13.5. The molecule has 0 saturated carbocycles. The molecule has 0 spiro atoms. The molecule has 0 N–H and O–H groups in total. The van der Waals surface area contributed by atoms with E-state index in [1.54, 1.807) is 23.5 Å². The summed E-state index contributed by atoms with van der Waals surface area (Å²) in [6, 6.07) is 16.1. The van der Waals surface area contributed by atoms with Gasteiger partial charge in [0, 0.05) is 0 Å². The van der Waals surface area contributed by atoms with Gasteiger partial charge in [0.2, 0.25) is 0 Å². The molecule has 0 aliphatic heterocycles. The Labute approximate surface area is 159 Å². The van der Waals surface area contributed by atoms with Crippen LogP contribution < -0.4 is 30.4 Å². The second kappa shape index (κ2) is 11.7. The van der Waals surface area contributed by atoms with Gasteiger partial charge in [-0.25, -0.2) is 0 Å². The molecule has 0 unspecified atom stereocenters. The first-order valence-electron chi connectivity index (χ1n) is 5.70. The van der Waals surface area contributed by atoms with Gasteiger partial charge in [-0.05, 0) is 0 Å². The van der Waals surface area contributed by atoms with Crippen LogP contribution >= 0.6 is 23.5 Å². The van der Waals surface area contributed by atoms with Crippen molar-refractivity contribution in [1.82, 2.24) is 0 Å². The number of para-hydroxylation sites is 2. The zero-order valence-corrected chi connectivity index (χ0v) is 17.1. The minimum atomic E-state index is -1.36. The number of benzene rings is 2. The average Bonchev–Trinajstić information content (AvgIpc) is 2.48. The van der Waals surface area contributed by atoms with Crippen molar-refractivity contribution in [2.24, 2.45) is 0 Å². The Bertz CT molecular complexity index is 496. The summed E-state index contributed by atoms with van der Waals surface area (Å²) >= 11 is 2.02. The first-order valence-corrected chi connectivity index (χ1v) is 10.2. The van der Waals surface area contributed by atoms with Crippen molar-refractivity contribution in [3.05, 3.63) is 48.5 Å². The monoisotopic (exact) mass is 438 g/mol. The topological polar surface area (TPSA) is 18.5 Å². The summed E-state index contributed by atoms with van der Waals surface area (Å²) in [6.07, 6.45) is 4.11. The summed E-state index contributed by atoms with van der Waals surface area (Å²) in [5.74, 6) is 1.87. The summed E-state index contributed by atoms with van der Waals surface area (Å²) in [5.41, 5.74) is 0. The molecule has 7 heteroatoms. The number of halogens is 2. The molecule has 0 radical (unpaired) electrons. The predicted octanol–water partition coefficient (Wildman–Crippen LogP) is -1.49. The maximum Gasteiger partial charge on any atom is -1.00 e. The standard InChI is InChI=1S/2C7H8OS.2ClH.Zr/c2*1-9-7-5-3-2-4-6(7)8;;;/h2*2-5,8H,1H3;2*1H;/q;;;;+4/p-4. The molecule has 0 aromatic heterocycles. The van der Waals surface area contributed by atoms with Gasteiger partial charge in [-0.3, -0.25) is 0 Å². The smallest absolute Gasteiger partial charge is 1.00 e. The van der Waals surface area contributed by atoms with Crippen molar-refractivity contribution in [2.45, 2.75) is 9.79 Å². The van der Waals surface area contributed by atoms with Gasteiger partial charge in [0.1, 0.15) is 0 Å². The largest absolute Gasteiger partial charge is 1.00 e. The molecular weight excluding hydrogens is 426 g/mol. The Kier molecular flexibility index (Phi) is 11.8. The third-order valence-electron chi connectivity index (χ3n) is 2.44. The predicted molar refractivity (Wildman–Crippen MR) is 77.7 cm³/mol. The normalized spacial score (nSPS) is 8.86. The number of hydrogen-bond acceptors (Lipinski definition) is 4. The van der Waals surface area contributed by atoms with Crippen molar-refractivity contribution < 1.29 is 54.6 Å². The van der Waals surface area contributed by atoms with Crippen molar-refractivity contribution in [1.29, 1.82) is 0 Å².